The van der Waals surface area contributed by atoms with E-state index in [0.29, 0.717) is 17.9 Å². The zero-order valence-corrected chi connectivity index (χ0v) is 19.1. The number of guanidine groups is 1. The summed E-state index contributed by atoms with van der Waals surface area (Å²) in [5.41, 5.74) is 0. The first-order valence-electron chi connectivity index (χ1n) is 9.70. The van der Waals surface area contributed by atoms with E-state index in [-0.39, 0.29) is 24.0 Å². The van der Waals surface area contributed by atoms with Gasteiger partial charge in [0.05, 0.1) is 12.4 Å². The number of nitrogens with zero attached hydrogens (tertiary/aromatic N) is 4. The highest BCUT2D eigenvalue weighted by Crippen LogP contribution is 2.27. The van der Waals surface area contributed by atoms with Gasteiger partial charge in [-0.15, -0.1) is 24.0 Å². The van der Waals surface area contributed by atoms with Crippen molar-refractivity contribution in [2.45, 2.75) is 46.6 Å². The highest BCUT2D eigenvalue weighted by Gasteiger charge is 2.28. The maximum atomic E-state index is 5.65. The summed E-state index contributed by atoms with van der Waals surface area (Å²) < 4.78 is 7.89. The SMILES string of the molecule is CCNC(=NCCCOCC(C)C)N1CCC(C)C(n2ccnc2)C1.I. The van der Waals surface area contributed by atoms with Crippen molar-refractivity contribution < 1.29 is 4.74 Å². The van der Waals surface area contributed by atoms with Gasteiger partial charge >= 0.3 is 0 Å². The van der Waals surface area contributed by atoms with Crippen LogP contribution in [0.1, 0.15) is 46.6 Å². The second kappa shape index (κ2) is 12.5. The van der Waals surface area contributed by atoms with Crippen LogP contribution in [0.4, 0.5) is 0 Å². The first-order chi connectivity index (χ1) is 12.1. The smallest absolute Gasteiger partial charge is 0.193 e. The van der Waals surface area contributed by atoms with E-state index in [2.05, 4.69) is 53.7 Å². The minimum absolute atomic E-state index is 0. The molecule has 2 rings (SSSR count). The molecule has 26 heavy (non-hydrogen) atoms. The number of hydrogen-bond donors (Lipinski definition) is 1. The van der Waals surface area contributed by atoms with Crippen LogP contribution in [-0.4, -0.2) is 59.8 Å². The molecule has 0 bridgehead atoms. The van der Waals surface area contributed by atoms with E-state index in [4.69, 9.17) is 9.73 Å². The van der Waals surface area contributed by atoms with Crippen LogP contribution < -0.4 is 5.32 Å². The predicted molar refractivity (Wildman–Crippen MR) is 118 cm³/mol. The van der Waals surface area contributed by atoms with Crippen molar-refractivity contribution in [3.8, 4) is 0 Å². The Kier molecular flexibility index (Phi) is 11.2. The van der Waals surface area contributed by atoms with E-state index in [0.717, 1.165) is 51.8 Å². The van der Waals surface area contributed by atoms with E-state index < -0.39 is 0 Å². The van der Waals surface area contributed by atoms with E-state index in [1.165, 1.54) is 6.42 Å². The molecule has 0 amide bonds. The van der Waals surface area contributed by atoms with Crippen molar-refractivity contribution in [2.75, 3.05) is 39.4 Å². The maximum Gasteiger partial charge on any atom is 0.193 e. The molecular formula is C19H36IN5O. The molecule has 150 valence electrons. The van der Waals surface area contributed by atoms with E-state index >= 15 is 0 Å². The fourth-order valence-electron chi connectivity index (χ4n) is 3.19. The van der Waals surface area contributed by atoms with Gasteiger partial charge in [-0.2, -0.15) is 0 Å². The van der Waals surface area contributed by atoms with Gasteiger partial charge in [0, 0.05) is 51.8 Å². The average molecular weight is 477 g/mol. The minimum atomic E-state index is 0. The predicted octanol–water partition coefficient (Wildman–Crippen LogP) is 3.41. The monoisotopic (exact) mass is 477 g/mol. The van der Waals surface area contributed by atoms with Gasteiger partial charge in [-0.1, -0.05) is 20.8 Å². The molecule has 1 aliphatic heterocycles. The van der Waals surface area contributed by atoms with Crippen LogP contribution in [0.2, 0.25) is 0 Å². The highest BCUT2D eigenvalue weighted by atomic mass is 127. The molecular weight excluding hydrogens is 441 g/mol. The second-order valence-electron chi connectivity index (χ2n) is 7.35. The molecule has 6 nitrogen and oxygen atoms in total. The lowest BCUT2D eigenvalue weighted by Gasteiger charge is -2.39. The number of imidazole rings is 1. The number of rotatable bonds is 8. The zero-order chi connectivity index (χ0) is 18.1. The van der Waals surface area contributed by atoms with Crippen LogP contribution in [0.25, 0.3) is 0 Å². The topological polar surface area (TPSA) is 54.7 Å². The normalized spacial score (nSPS) is 21.0. The largest absolute Gasteiger partial charge is 0.381 e. The molecule has 1 aliphatic rings. The van der Waals surface area contributed by atoms with Crippen molar-refractivity contribution in [3.63, 3.8) is 0 Å². The third-order valence-electron chi connectivity index (χ3n) is 4.62. The molecule has 0 radical (unpaired) electrons. The van der Waals surface area contributed by atoms with Gasteiger partial charge in [0.15, 0.2) is 5.96 Å². The Labute approximate surface area is 175 Å². The van der Waals surface area contributed by atoms with Crippen molar-refractivity contribution in [1.82, 2.24) is 19.8 Å². The Bertz CT molecular complexity index is 506. The number of likely N-dealkylation sites (tertiary alicyclic amines) is 1. The molecule has 0 aliphatic carbocycles. The van der Waals surface area contributed by atoms with Crippen LogP contribution in [0.5, 0.6) is 0 Å². The summed E-state index contributed by atoms with van der Waals surface area (Å²) >= 11 is 0. The second-order valence-corrected chi connectivity index (χ2v) is 7.35. The quantitative estimate of drug-likeness (QED) is 0.270. The molecule has 2 atom stereocenters. The number of halogens is 1. The molecule has 7 heteroatoms. The summed E-state index contributed by atoms with van der Waals surface area (Å²) in [6.45, 7) is 14.2. The molecule has 1 aromatic rings. The van der Waals surface area contributed by atoms with Gasteiger partial charge in [-0.3, -0.25) is 4.99 Å². The summed E-state index contributed by atoms with van der Waals surface area (Å²) in [5, 5.41) is 3.45. The number of ether oxygens (including phenoxy) is 1. The lowest BCUT2D eigenvalue weighted by atomic mass is 9.93. The fraction of sp³-hybridized carbons (Fsp3) is 0.789. The van der Waals surface area contributed by atoms with Crippen LogP contribution in [0, 0.1) is 11.8 Å². The van der Waals surface area contributed by atoms with E-state index in [9.17, 15) is 0 Å². The first kappa shape index (κ1) is 23.2. The van der Waals surface area contributed by atoms with Gasteiger partial charge in [-0.25, -0.2) is 4.98 Å². The van der Waals surface area contributed by atoms with Crippen LogP contribution >= 0.6 is 24.0 Å². The number of nitrogens with one attached hydrogen (secondary N) is 1. The molecule has 0 aromatic carbocycles. The molecule has 1 aromatic heterocycles. The Balaban J connectivity index is 0.00000338. The standard InChI is InChI=1S/C19H35N5O.HI/c1-5-21-19(22-8-6-12-25-14-16(2)3)23-10-7-17(4)18(13-23)24-11-9-20-15-24;/h9,11,15-18H,5-8,10,12-14H2,1-4H3,(H,21,22);1H. The molecule has 0 spiro atoms. The molecule has 1 fully saturated rings. The van der Waals surface area contributed by atoms with Crippen molar-refractivity contribution in [1.29, 1.82) is 0 Å². The minimum Gasteiger partial charge on any atom is -0.381 e. The van der Waals surface area contributed by atoms with Gasteiger partial charge < -0.3 is 19.5 Å². The lowest BCUT2D eigenvalue weighted by Crippen LogP contribution is -2.49. The number of aliphatic imine (C=N–C) groups is 1. The summed E-state index contributed by atoms with van der Waals surface area (Å²) in [5.74, 6) is 2.28. The van der Waals surface area contributed by atoms with Crippen molar-refractivity contribution >= 4 is 29.9 Å². The Morgan fingerprint density at radius 3 is 2.88 bits per heavy atom. The van der Waals surface area contributed by atoms with Gasteiger partial charge in [0.1, 0.15) is 0 Å². The van der Waals surface area contributed by atoms with E-state index in [1.54, 1.807) is 0 Å². The average Bonchev–Trinajstić information content (AvgIpc) is 3.11. The maximum absolute atomic E-state index is 5.65. The third-order valence-corrected chi connectivity index (χ3v) is 4.62. The van der Waals surface area contributed by atoms with Gasteiger partial charge in [0.2, 0.25) is 0 Å². The van der Waals surface area contributed by atoms with Gasteiger partial charge in [0.25, 0.3) is 0 Å². The zero-order valence-electron chi connectivity index (χ0n) is 16.7. The Morgan fingerprint density at radius 2 is 2.23 bits per heavy atom. The van der Waals surface area contributed by atoms with Crippen LogP contribution in [-0.2, 0) is 4.74 Å². The molecule has 1 saturated heterocycles. The Morgan fingerprint density at radius 1 is 1.42 bits per heavy atom. The van der Waals surface area contributed by atoms with E-state index in [1.807, 2.05) is 12.5 Å². The third kappa shape index (κ3) is 7.42. The van der Waals surface area contributed by atoms with Crippen molar-refractivity contribution in [3.05, 3.63) is 18.7 Å². The number of aromatic nitrogens is 2. The Hall–Kier alpha value is -0.830. The molecule has 2 heterocycles. The number of piperidine rings is 1. The van der Waals surface area contributed by atoms with Crippen LogP contribution in [0.3, 0.4) is 0 Å². The first-order valence-corrected chi connectivity index (χ1v) is 9.70. The molecule has 2 unspecified atom stereocenters. The fourth-order valence-corrected chi connectivity index (χ4v) is 3.19. The highest BCUT2D eigenvalue weighted by molar-refractivity contribution is 14.0. The summed E-state index contributed by atoms with van der Waals surface area (Å²) in [4.78, 5) is 11.4. The number of hydrogen-bond acceptors (Lipinski definition) is 3. The van der Waals surface area contributed by atoms with Crippen LogP contribution in [0.15, 0.2) is 23.7 Å². The van der Waals surface area contributed by atoms with Crippen molar-refractivity contribution in [2.24, 2.45) is 16.8 Å². The van der Waals surface area contributed by atoms with Gasteiger partial charge in [-0.05, 0) is 31.6 Å². The molecule has 1 N–H and O–H groups in total. The lowest BCUT2D eigenvalue weighted by molar-refractivity contribution is 0.109. The summed E-state index contributed by atoms with van der Waals surface area (Å²) in [7, 11) is 0. The summed E-state index contributed by atoms with van der Waals surface area (Å²) in [6, 6.07) is 0.453. The molecule has 0 saturated carbocycles. The summed E-state index contributed by atoms with van der Waals surface area (Å²) in [6.07, 6.45) is 8.01.